The lowest BCUT2D eigenvalue weighted by molar-refractivity contribution is 0.0214. The Labute approximate surface area is 118 Å². The second-order valence-corrected chi connectivity index (χ2v) is 3.93. The number of esters is 1. The smallest absolute Gasteiger partial charge is 0.338 e. The lowest BCUT2D eigenvalue weighted by Gasteiger charge is -2.09. The number of hydrogen-bond donors (Lipinski definition) is 1. The van der Waals surface area contributed by atoms with Crippen molar-refractivity contribution >= 4 is 11.7 Å². The molecule has 0 heterocycles. The average molecular weight is 283 g/mol. The van der Waals surface area contributed by atoms with Gasteiger partial charge in [-0.1, -0.05) is 0 Å². The summed E-state index contributed by atoms with van der Waals surface area (Å²) in [5.41, 5.74) is 6.59. The van der Waals surface area contributed by atoms with E-state index in [0.29, 0.717) is 43.4 Å². The first-order valence-electron chi connectivity index (χ1n) is 6.45. The van der Waals surface area contributed by atoms with Crippen LogP contribution in [0.4, 0.5) is 5.69 Å². The summed E-state index contributed by atoms with van der Waals surface area (Å²) in [6, 6.07) is 4.82. The first kappa shape index (κ1) is 16.3. The van der Waals surface area contributed by atoms with E-state index in [2.05, 4.69) is 0 Å². The summed E-state index contributed by atoms with van der Waals surface area (Å²) in [5.74, 6) is 0.127. The molecule has 1 rings (SSSR count). The molecule has 1 aromatic carbocycles. The summed E-state index contributed by atoms with van der Waals surface area (Å²) < 4.78 is 20.4. The molecule has 0 amide bonds. The highest BCUT2D eigenvalue weighted by Crippen LogP contribution is 2.22. The molecule has 0 aliphatic rings. The summed E-state index contributed by atoms with van der Waals surface area (Å²) >= 11 is 0. The van der Waals surface area contributed by atoms with E-state index in [0.717, 1.165) is 0 Å². The van der Waals surface area contributed by atoms with Gasteiger partial charge in [0.15, 0.2) is 0 Å². The highest BCUT2D eigenvalue weighted by atomic mass is 16.6. The summed E-state index contributed by atoms with van der Waals surface area (Å²) in [5, 5.41) is 0. The number of nitrogen functional groups attached to an aromatic ring is 1. The molecule has 0 atom stereocenters. The molecule has 0 aromatic heterocycles. The number of carbonyl (C=O) groups is 1. The van der Waals surface area contributed by atoms with Crippen LogP contribution in [0.3, 0.4) is 0 Å². The Morgan fingerprint density at radius 3 is 2.60 bits per heavy atom. The second kappa shape index (κ2) is 9.17. The van der Waals surface area contributed by atoms with Crippen LogP contribution >= 0.6 is 0 Å². The third-order valence-corrected chi connectivity index (χ3v) is 2.44. The quantitative estimate of drug-likeness (QED) is 0.420. The van der Waals surface area contributed by atoms with E-state index in [1.165, 1.54) is 0 Å². The highest BCUT2D eigenvalue weighted by Gasteiger charge is 2.09. The van der Waals surface area contributed by atoms with E-state index in [1.54, 1.807) is 25.3 Å². The average Bonchev–Trinajstić information content (AvgIpc) is 2.45. The number of rotatable bonds is 9. The minimum Gasteiger partial charge on any atom is -0.492 e. The zero-order valence-corrected chi connectivity index (χ0v) is 11.9. The maximum Gasteiger partial charge on any atom is 0.338 e. The van der Waals surface area contributed by atoms with Gasteiger partial charge in [-0.3, -0.25) is 0 Å². The van der Waals surface area contributed by atoms with E-state index in [1.807, 2.05) is 6.92 Å². The predicted molar refractivity (Wildman–Crippen MR) is 75.0 cm³/mol. The normalized spacial score (nSPS) is 10.3. The van der Waals surface area contributed by atoms with Gasteiger partial charge in [-0.2, -0.15) is 0 Å². The molecule has 0 fully saturated rings. The predicted octanol–water partition coefficient (Wildman–Crippen LogP) is 1.49. The summed E-state index contributed by atoms with van der Waals surface area (Å²) in [6.45, 7) is 3.91. The van der Waals surface area contributed by atoms with Crippen molar-refractivity contribution in [2.75, 3.05) is 45.9 Å². The molecular formula is C14H21NO5. The van der Waals surface area contributed by atoms with Gasteiger partial charge in [-0.05, 0) is 25.1 Å². The first-order chi connectivity index (χ1) is 9.69. The van der Waals surface area contributed by atoms with Crippen LogP contribution in [0.1, 0.15) is 17.3 Å². The molecule has 2 N–H and O–H groups in total. The SMILES string of the molecule is CCOc1ccc(C(=O)OCCOCCOC)cc1N. The van der Waals surface area contributed by atoms with Gasteiger partial charge >= 0.3 is 5.97 Å². The number of ether oxygens (including phenoxy) is 4. The van der Waals surface area contributed by atoms with Crippen molar-refractivity contribution in [3.05, 3.63) is 23.8 Å². The Bertz CT molecular complexity index is 422. The fourth-order valence-electron chi connectivity index (χ4n) is 1.48. The topological polar surface area (TPSA) is 80.0 Å². The molecule has 0 aliphatic carbocycles. The van der Waals surface area contributed by atoms with Crippen LogP contribution in [0, 0.1) is 0 Å². The zero-order chi connectivity index (χ0) is 14.8. The van der Waals surface area contributed by atoms with Crippen LogP contribution in [0.25, 0.3) is 0 Å². The molecular weight excluding hydrogens is 262 g/mol. The summed E-state index contributed by atoms with van der Waals surface area (Å²) in [4.78, 5) is 11.8. The van der Waals surface area contributed by atoms with Gasteiger partial charge in [-0.15, -0.1) is 0 Å². The number of benzene rings is 1. The Kier molecular flexibility index (Phi) is 7.46. The van der Waals surface area contributed by atoms with Crippen molar-refractivity contribution in [1.82, 2.24) is 0 Å². The molecule has 0 aliphatic heterocycles. The molecule has 6 heteroatoms. The zero-order valence-electron chi connectivity index (χ0n) is 11.9. The summed E-state index contributed by atoms with van der Waals surface area (Å²) in [7, 11) is 1.60. The molecule has 0 radical (unpaired) electrons. The highest BCUT2D eigenvalue weighted by molar-refractivity contribution is 5.91. The molecule has 0 spiro atoms. The van der Waals surface area contributed by atoms with Crippen molar-refractivity contribution in [2.45, 2.75) is 6.92 Å². The number of hydrogen-bond acceptors (Lipinski definition) is 6. The molecule has 20 heavy (non-hydrogen) atoms. The third kappa shape index (κ3) is 5.46. The van der Waals surface area contributed by atoms with Crippen molar-refractivity contribution in [3.63, 3.8) is 0 Å². The molecule has 6 nitrogen and oxygen atoms in total. The summed E-state index contributed by atoms with van der Waals surface area (Å²) in [6.07, 6.45) is 0. The molecule has 112 valence electrons. The van der Waals surface area contributed by atoms with E-state index in [4.69, 9.17) is 24.7 Å². The van der Waals surface area contributed by atoms with E-state index < -0.39 is 5.97 Å². The first-order valence-corrected chi connectivity index (χ1v) is 6.45. The van der Waals surface area contributed by atoms with Gasteiger partial charge in [0, 0.05) is 7.11 Å². The Hall–Kier alpha value is -1.79. The van der Waals surface area contributed by atoms with Crippen LogP contribution in [0.2, 0.25) is 0 Å². The fourth-order valence-corrected chi connectivity index (χ4v) is 1.48. The third-order valence-electron chi connectivity index (χ3n) is 2.44. The van der Waals surface area contributed by atoms with Crippen LogP contribution < -0.4 is 10.5 Å². The fraction of sp³-hybridized carbons (Fsp3) is 0.500. The molecule has 0 bridgehead atoms. The molecule has 0 unspecified atom stereocenters. The van der Waals surface area contributed by atoms with Gasteiger partial charge in [0.1, 0.15) is 12.4 Å². The lowest BCUT2D eigenvalue weighted by Crippen LogP contribution is -2.13. The molecule has 1 aromatic rings. The van der Waals surface area contributed by atoms with Gasteiger partial charge in [0.05, 0.1) is 37.7 Å². The van der Waals surface area contributed by atoms with Crippen molar-refractivity contribution in [1.29, 1.82) is 0 Å². The van der Waals surface area contributed by atoms with E-state index in [-0.39, 0.29) is 6.61 Å². The number of nitrogens with two attached hydrogens (primary N) is 1. The monoisotopic (exact) mass is 283 g/mol. The van der Waals surface area contributed by atoms with Crippen molar-refractivity contribution < 1.29 is 23.7 Å². The number of methoxy groups -OCH3 is 1. The van der Waals surface area contributed by atoms with Crippen molar-refractivity contribution in [2.24, 2.45) is 0 Å². The Balaban J connectivity index is 2.38. The maximum atomic E-state index is 11.8. The number of anilines is 1. The van der Waals surface area contributed by atoms with Gasteiger partial charge < -0.3 is 24.7 Å². The van der Waals surface area contributed by atoms with Crippen LogP contribution in [-0.4, -0.2) is 46.1 Å². The van der Waals surface area contributed by atoms with Gasteiger partial charge in [-0.25, -0.2) is 4.79 Å². The Morgan fingerprint density at radius 2 is 1.95 bits per heavy atom. The number of carbonyl (C=O) groups excluding carboxylic acids is 1. The second-order valence-electron chi connectivity index (χ2n) is 3.93. The Morgan fingerprint density at radius 1 is 1.20 bits per heavy atom. The van der Waals surface area contributed by atoms with Crippen LogP contribution in [0.15, 0.2) is 18.2 Å². The van der Waals surface area contributed by atoms with Crippen molar-refractivity contribution in [3.8, 4) is 5.75 Å². The van der Waals surface area contributed by atoms with Crippen LogP contribution in [-0.2, 0) is 14.2 Å². The minimum absolute atomic E-state index is 0.190. The molecule has 0 saturated carbocycles. The van der Waals surface area contributed by atoms with Gasteiger partial charge in [0.25, 0.3) is 0 Å². The maximum absolute atomic E-state index is 11.8. The van der Waals surface area contributed by atoms with Crippen LogP contribution in [0.5, 0.6) is 5.75 Å². The standard InChI is InChI=1S/C14H21NO5/c1-3-19-13-5-4-11(10-12(13)15)14(16)20-9-8-18-7-6-17-2/h4-5,10H,3,6-9,15H2,1-2H3. The largest absolute Gasteiger partial charge is 0.492 e. The van der Waals surface area contributed by atoms with E-state index in [9.17, 15) is 4.79 Å². The molecule has 0 saturated heterocycles. The van der Waals surface area contributed by atoms with E-state index >= 15 is 0 Å². The lowest BCUT2D eigenvalue weighted by atomic mass is 10.2. The van der Waals surface area contributed by atoms with Gasteiger partial charge in [0.2, 0.25) is 0 Å². The minimum atomic E-state index is -0.435.